The third kappa shape index (κ3) is 2.90. The van der Waals surface area contributed by atoms with Gasteiger partial charge in [-0.25, -0.2) is 0 Å². The van der Waals surface area contributed by atoms with Crippen molar-refractivity contribution in [3.8, 4) is 0 Å². The highest BCUT2D eigenvalue weighted by Crippen LogP contribution is 2.28. The quantitative estimate of drug-likeness (QED) is 0.511. The summed E-state index contributed by atoms with van der Waals surface area (Å²) in [5.74, 6) is -0.313. The zero-order chi connectivity index (χ0) is 14.0. The Morgan fingerprint density at radius 3 is 2.58 bits per heavy atom. The van der Waals surface area contributed by atoms with Crippen molar-refractivity contribution in [3.63, 3.8) is 0 Å². The number of anilines is 1. The molecule has 1 aliphatic heterocycles. The summed E-state index contributed by atoms with van der Waals surface area (Å²) in [5.41, 5.74) is 0.700. The molecule has 102 valence electrons. The van der Waals surface area contributed by atoms with Crippen LogP contribution in [-0.4, -0.2) is 35.0 Å². The van der Waals surface area contributed by atoms with Gasteiger partial charge in [0.1, 0.15) is 0 Å². The predicted molar refractivity (Wildman–Crippen MR) is 70.6 cm³/mol. The van der Waals surface area contributed by atoms with E-state index in [0.717, 1.165) is 5.69 Å². The van der Waals surface area contributed by atoms with Crippen LogP contribution in [0.15, 0.2) is 18.2 Å². The first kappa shape index (κ1) is 13.5. The molecule has 1 heterocycles. The lowest BCUT2D eigenvalue weighted by atomic mass is 10.0. The van der Waals surface area contributed by atoms with Gasteiger partial charge in [-0.2, -0.15) is 0 Å². The molecule has 19 heavy (non-hydrogen) atoms. The molecule has 1 fully saturated rings. The van der Waals surface area contributed by atoms with Gasteiger partial charge in [-0.15, -0.1) is 0 Å². The monoisotopic (exact) mass is 264 g/mol. The molecule has 6 heteroatoms. The summed E-state index contributed by atoms with van der Waals surface area (Å²) in [6.45, 7) is 2.65. The van der Waals surface area contributed by atoms with Gasteiger partial charge in [0, 0.05) is 24.8 Å². The van der Waals surface area contributed by atoms with Crippen molar-refractivity contribution in [2.45, 2.75) is 25.9 Å². The summed E-state index contributed by atoms with van der Waals surface area (Å²) in [5, 5.41) is 20.5. The molecule has 0 radical (unpaired) electrons. The van der Waals surface area contributed by atoms with Gasteiger partial charge in [0.05, 0.1) is 16.6 Å². The Morgan fingerprint density at radius 2 is 2.05 bits per heavy atom. The number of aliphatic hydroxyl groups excluding tert-OH is 1. The van der Waals surface area contributed by atoms with Crippen LogP contribution in [0.5, 0.6) is 0 Å². The number of ketones is 1. The van der Waals surface area contributed by atoms with Crippen LogP contribution in [0.1, 0.15) is 30.1 Å². The van der Waals surface area contributed by atoms with Crippen LogP contribution in [0, 0.1) is 10.1 Å². The van der Waals surface area contributed by atoms with Crippen LogP contribution in [0.4, 0.5) is 11.4 Å². The van der Waals surface area contributed by atoms with E-state index in [1.54, 1.807) is 6.07 Å². The van der Waals surface area contributed by atoms with Gasteiger partial charge in [0.2, 0.25) is 0 Å². The third-order valence-electron chi connectivity index (χ3n) is 3.39. The van der Waals surface area contributed by atoms with Crippen molar-refractivity contribution in [3.05, 3.63) is 33.9 Å². The first-order valence-electron chi connectivity index (χ1n) is 6.21. The lowest BCUT2D eigenvalue weighted by molar-refractivity contribution is -0.385. The number of piperidine rings is 1. The molecule has 0 unspecified atom stereocenters. The third-order valence-corrected chi connectivity index (χ3v) is 3.39. The van der Waals surface area contributed by atoms with E-state index in [-0.39, 0.29) is 23.1 Å². The van der Waals surface area contributed by atoms with Gasteiger partial charge in [-0.1, -0.05) is 0 Å². The molecule has 0 bridgehead atoms. The summed E-state index contributed by atoms with van der Waals surface area (Å²) < 4.78 is 0. The Morgan fingerprint density at radius 1 is 1.42 bits per heavy atom. The molecular weight excluding hydrogens is 248 g/mol. The zero-order valence-corrected chi connectivity index (χ0v) is 10.7. The summed E-state index contributed by atoms with van der Waals surface area (Å²) in [7, 11) is 0. The zero-order valence-electron chi connectivity index (χ0n) is 10.7. The predicted octanol–water partition coefficient (Wildman–Crippen LogP) is 1.76. The standard InChI is InChI=1S/C13H16N2O4/c1-9(16)12-3-2-10(8-13(12)15(18)19)14-6-4-11(17)5-7-14/h2-3,8,11,17H,4-7H2,1H3. The number of benzene rings is 1. The highest BCUT2D eigenvalue weighted by Gasteiger charge is 2.22. The van der Waals surface area contributed by atoms with E-state index in [1.165, 1.54) is 19.1 Å². The molecule has 6 nitrogen and oxygen atoms in total. The second kappa shape index (κ2) is 5.36. The molecule has 1 saturated heterocycles. The van der Waals surface area contributed by atoms with Crippen LogP contribution in [0.3, 0.4) is 0 Å². The molecule has 0 spiro atoms. The Balaban J connectivity index is 2.30. The smallest absolute Gasteiger partial charge is 0.282 e. The van der Waals surface area contributed by atoms with Crippen molar-refractivity contribution < 1.29 is 14.8 Å². The highest BCUT2D eigenvalue weighted by atomic mass is 16.6. The molecule has 0 amide bonds. The van der Waals surface area contributed by atoms with Crippen molar-refractivity contribution >= 4 is 17.2 Å². The van der Waals surface area contributed by atoms with E-state index in [1.807, 2.05) is 4.90 Å². The fourth-order valence-corrected chi connectivity index (χ4v) is 2.29. The van der Waals surface area contributed by atoms with E-state index >= 15 is 0 Å². The van der Waals surface area contributed by atoms with Crippen LogP contribution < -0.4 is 4.90 Å². The number of carbonyl (C=O) groups is 1. The maximum atomic E-state index is 11.4. The maximum Gasteiger partial charge on any atom is 0.282 e. The first-order valence-corrected chi connectivity index (χ1v) is 6.21. The van der Waals surface area contributed by atoms with Crippen molar-refractivity contribution in [1.82, 2.24) is 0 Å². The minimum absolute atomic E-state index is 0.130. The number of aliphatic hydroxyl groups is 1. The van der Waals surface area contributed by atoms with E-state index in [2.05, 4.69) is 0 Å². The second-order valence-corrected chi connectivity index (χ2v) is 4.73. The van der Waals surface area contributed by atoms with E-state index < -0.39 is 4.92 Å². The summed E-state index contributed by atoms with van der Waals surface area (Å²) in [4.78, 5) is 23.8. The molecule has 0 saturated carbocycles. The highest BCUT2D eigenvalue weighted by molar-refractivity contribution is 5.98. The van der Waals surface area contributed by atoms with E-state index in [4.69, 9.17) is 0 Å². The molecule has 0 aromatic heterocycles. The Kier molecular flexibility index (Phi) is 3.80. The maximum absolute atomic E-state index is 11.4. The Hall–Kier alpha value is -1.95. The molecular formula is C13H16N2O4. The number of hydrogen-bond acceptors (Lipinski definition) is 5. The van der Waals surface area contributed by atoms with Gasteiger partial charge in [0.15, 0.2) is 5.78 Å². The Bertz CT molecular complexity index is 507. The second-order valence-electron chi connectivity index (χ2n) is 4.73. The van der Waals surface area contributed by atoms with Gasteiger partial charge in [-0.3, -0.25) is 14.9 Å². The summed E-state index contributed by atoms with van der Waals surface area (Å²) in [6, 6.07) is 4.66. The number of nitro groups is 1. The van der Waals surface area contributed by atoms with Crippen molar-refractivity contribution in [2.24, 2.45) is 0 Å². The number of rotatable bonds is 3. The lowest BCUT2D eigenvalue weighted by Crippen LogP contribution is -2.35. The number of nitro benzene ring substituents is 1. The normalized spacial score (nSPS) is 16.4. The molecule has 0 aliphatic carbocycles. The Labute approximate surface area is 110 Å². The van der Waals surface area contributed by atoms with Gasteiger partial charge < -0.3 is 10.0 Å². The minimum atomic E-state index is -0.529. The molecule has 2 rings (SSSR count). The average molecular weight is 264 g/mol. The van der Waals surface area contributed by atoms with E-state index in [0.29, 0.717) is 25.9 Å². The van der Waals surface area contributed by atoms with Gasteiger partial charge >= 0.3 is 0 Å². The molecule has 1 N–H and O–H groups in total. The number of nitrogens with zero attached hydrogens (tertiary/aromatic N) is 2. The molecule has 1 aromatic carbocycles. The number of carbonyl (C=O) groups excluding carboxylic acids is 1. The lowest BCUT2D eigenvalue weighted by Gasteiger charge is -2.31. The van der Waals surface area contributed by atoms with E-state index in [9.17, 15) is 20.0 Å². The molecule has 1 aliphatic rings. The summed E-state index contributed by atoms with van der Waals surface area (Å²) >= 11 is 0. The number of Topliss-reactive ketones (excluding diaryl/α,β-unsaturated/α-hetero) is 1. The number of hydrogen-bond donors (Lipinski definition) is 1. The fourth-order valence-electron chi connectivity index (χ4n) is 2.29. The van der Waals surface area contributed by atoms with Crippen LogP contribution in [-0.2, 0) is 0 Å². The average Bonchev–Trinajstić information content (AvgIpc) is 2.38. The van der Waals surface area contributed by atoms with Crippen molar-refractivity contribution in [1.29, 1.82) is 0 Å². The van der Waals surface area contributed by atoms with Crippen molar-refractivity contribution in [2.75, 3.05) is 18.0 Å². The molecule has 1 aromatic rings. The minimum Gasteiger partial charge on any atom is -0.393 e. The fraction of sp³-hybridized carbons (Fsp3) is 0.462. The van der Waals surface area contributed by atoms with Crippen LogP contribution in [0.2, 0.25) is 0 Å². The van der Waals surface area contributed by atoms with Crippen LogP contribution >= 0.6 is 0 Å². The first-order chi connectivity index (χ1) is 8.99. The van der Waals surface area contributed by atoms with Gasteiger partial charge in [0.25, 0.3) is 5.69 Å². The SMILES string of the molecule is CC(=O)c1ccc(N2CCC(O)CC2)cc1[N+](=O)[O-]. The topological polar surface area (TPSA) is 83.7 Å². The van der Waals surface area contributed by atoms with Gasteiger partial charge in [-0.05, 0) is 31.9 Å². The largest absolute Gasteiger partial charge is 0.393 e. The summed E-state index contributed by atoms with van der Waals surface area (Å²) in [6.07, 6.45) is 1.02. The van der Waals surface area contributed by atoms with Crippen LogP contribution in [0.25, 0.3) is 0 Å². The molecule has 0 atom stereocenters.